The first-order valence-electron chi connectivity index (χ1n) is 4.20. The number of alkyl halides is 3. The van der Waals surface area contributed by atoms with Crippen LogP contribution in [0.25, 0.3) is 0 Å². The zero-order chi connectivity index (χ0) is 12.2. The first-order chi connectivity index (χ1) is 7.39. The Hall–Kier alpha value is -2.03. The maximum absolute atomic E-state index is 12.3. The van der Waals surface area contributed by atoms with Crippen LogP contribution in [-0.2, 0) is 11.0 Å². The number of amides is 1. The van der Waals surface area contributed by atoms with E-state index in [0.717, 1.165) is 18.3 Å². The molecule has 0 aliphatic rings. The monoisotopic (exact) mass is 228 g/mol. The Labute approximate surface area is 89.5 Å². The van der Waals surface area contributed by atoms with Gasteiger partial charge in [-0.25, -0.2) is 4.98 Å². The molecule has 0 atom stereocenters. The molecule has 0 fully saturated rings. The van der Waals surface area contributed by atoms with Gasteiger partial charge in [0.15, 0.2) is 0 Å². The number of primary amides is 1. The number of rotatable bonds is 1. The molecule has 0 aliphatic carbocycles. The second-order valence-electron chi connectivity index (χ2n) is 2.87. The van der Waals surface area contributed by atoms with Gasteiger partial charge in [0.05, 0.1) is 12.0 Å². The minimum absolute atomic E-state index is 0.0453. The lowest BCUT2D eigenvalue weighted by Gasteiger charge is -2.05. The zero-order valence-corrected chi connectivity index (χ0v) is 8.01. The van der Waals surface area contributed by atoms with E-state index >= 15 is 0 Å². The Morgan fingerprint density at radius 1 is 1.50 bits per heavy atom. The summed E-state index contributed by atoms with van der Waals surface area (Å²) in [6.45, 7) is 0. The molecule has 2 N–H and O–H groups in total. The first kappa shape index (κ1) is 12.0. The molecule has 1 heterocycles. The van der Waals surface area contributed by atoms with Crippen molar-refractivity contribution in [3.8, 4) is 11.8 Å². The molecule has 0 aromatic carbocycles. The molecule has 0 bridgehead atoms. The van der Waals surface area contributed by atoms with Crippen molar-refractivity contribution < 1.29 is 18.0 Å². The molecule has 1 amide bonds. The fourth-order valence-electron chi connectivity index (χ4n) is 0.897. The highest BCUT2D eigenvalue weighted by atomic mass is 19.4. The van der Waals surface area contributed by atoms with E-state index < -0.39 is 17.6 Å². The topological polar surface area (TPSA) is 56.0 Å². The average molecular weight is 228 g/mol. The summed E-state index contributed by atoms with van der Waals surface area (Å²) in [4.78, 5) is 14.0. The van der Waals surface area contributed by atoms with E-state index in [4.69, 9.17) is 5.73 Å². The Kier molecular flexibility index (Phi) is 3.51. The summed E-state index contributed by atoms with van der Waals surface area (Å²) in [7, 11) is 0. The van der Waals surface area contributed by atoms with Gasteiger partial charge < -0.3 is 5.73 Å². The predicted octanol–water partition coefficient (Wildman–Crippen LogP) is 1.33. The molecule has 3 nitrogen and oxygen atoms in total. The summed E-state index contributed by atoms with van der Waals surface area (Å²) in [6.07, 6.45) is -3.63. The highest BCUT2D eigenvalue weighted by molar-refractivity contribution is 5.76. The molecule has 0 spiro atoms. The molecule has 1 rings (SSSR count). The molecule has 84 valence electrons. The standard InChI is InChI=1S/C10H7F3N2O/c11-10(12,13)7-4-5-15-8(6-7)2-1-3-9(14)16/h4-6H,3H2,(H2,14,16). The van der Waals surface area contributed by atoms with E-state index in [2.05, 4.69) is 16.8 Å². The van der Waals surface area contributed by atoms with Crippen LogP contribution in [0.1, 0.15) is 17.7 Å². The van der Waals surface area contributed by atoms with Crippen molar-refractivity contribution in [1.29, 1.82) is 0 Å². The van der Waals surface area contributed by atoms with Crippen LogP contribution in [0.15, 0.2) is 18.3 Å². The number of hydrogen-bond acceptors (Lipinski definition) is 2. The van der Waals surface area contributed by atoms with Gasteiger partial charge in [0.2, 0.25) is 5.91 Å². The highest BCUT2D eigenvalue weighted by Gasteiger charge is 2.30. The summed E-state index contributed by atoms with van der Waals surface area (Å²) < 4.78 is 36.8. The van der Waals surface area contributed by atoms with Gasteiger partial charge in [-0.2, -0.15) is 13.2 Å². The summed E-state index contributed by atoms with van der Waals surface area (Å²) in [6, 6.07) is 1.66. The zero-order valence-electron chi connectivity index (χ0n) is 8.01. The van der Waals surface area contributed by atoms with Gasteiger partial charge in [0, 0.05) is 6.20 Å². The van der Waals surface area contributed by atoms with Crippen molar-refractivity contribution in [2.75, 3.05) is 0 Å². The lowest BCUT2D eigenvalue weighted by atomic mass is 10.2. The molecule has 1 aromatic heterocycles. The molecule has 0 saturated heterocycles. The maximum Gasteiger partial charge on any atom is 0.416 e. The lowest BCUT2D eigenvalue weighted by Crippen LogP contribution is -2.08. The third kappa shape index (κ3) is 3.61. The lowest BCUT2D eigenvalue weighted by molar-refractivity contribution is -0.137. The van der Waals surface area contributed by atoms with Gasteiger partial charge in [-0.05, 0) is 18.1 Å². The number of nitrogens with two attached hydrogens (primary N) is 1. The number of pyridine rings is 1. The summed E-state index contributed by atoms with van der Waals surface area (Å²) in [5.41, 5.74) is 3.94. The minimum atomic E-state index is -4.43. The Balaban J connectivity index is 2.90. The smallest absolute Gasteiger partial charge is 0.369 e. The third-order valence-corrected chi connectivity index (χ3v) is 1.57. The summed E-state index contributed by atoms with van der Waals surface area (Å²) in [5.74, 6) is 4.01. The molecule has 0 unspecified atom stereocenters. The van der Waals surface area contributed by atoms with Gasteiger partial charge >= 0.3 is 6.18 Å². The van der Waals surface area contributed by atoms with Gasteiger partial charge in [-0.3, -0.25) is 4.79 Å². The largest absolute Gasteiger partial charge is 0.416 e. The summed E-state index contributed by atoms with van der Waals surface area (Å²) in [5, 5.41) is 0. The molecular weight excluding hydrogens is 221 g/mol. The van der Waals surface area contributed by atoms with Crippen molar-refractivity contribution >= 4 is 5.91 Å². The molecule has 6 heteroatoms. The average Bonchev–Trinajstić information content (AvgIpc) is 2.16. The fraction of sp³-hybridized carbons (Fsp3) is 0.200. The number of hydrogen-bond donors (Lipinski definition) is 1. The predicted molar refractivity (Wildman–Crippen MR) is 49.9 cm³/mol. The Morgan fingerprint density at radius 2 is 2.19 bits per heavy atom. The van der Waals surface area contributed by atoms with Gasteiger partial charge in [0.1, 0.15) is 5.69 Å². The van der Waals surface area contributed by atoms with Crippen LogP contribution in [0.4, 0.5) is 13.2 Å². The quantitative estimate of drug-likeness (QED) is 0.737. The number of nitrogens with zero attached hydrogens (tertiary/aromatic N) is 1. The van der Waals surface area contributed by atoms with Crippen LogP contribution in [-0.4, -0.2) is 10.9 Å². The van der Waals surface area contributed by atoms with Gasteiger partial charge in [0.25, 0.3) is 0 Å². The van der Waals surface area contributed by atoms with Crippen molar-refractivity contribution in [3.63, 3.8) is 0 Å². The van der Waals surface area contributed by atoms with E-state index in [1.807, 2.05) is 0 Å². The fourth-order valence-corrected chi connectivity index (χ4v) is 0.897. The SMILES string of the molecule is NC(=O)CC#Cc1cc(C(F)(F)F)ccn1. The molecule has 1 aromatic rings. The minimum Gasteiger partial charge on any atom is -0.369 e. The molecule has 0 saturated carbocycles. The highest BCUT2D eigenvalue weighted by Crippen LogP contribution is 2.28. The maximum atomic E-state index is 12.3. The van der Waals surface area contributed by atoms with E-state index in [-0.39, 0.29) is 12.1 Å². The summed E-state index contributed by atoms with van der Waals surface area (Å²) >= 11 is 0. The van der Waals surface area contributed by atoms with E-state index in [9.17, 15) is 18.0 Å². The van der Waals surface area contributed by atoms with Crippen LogP contribution in [0.3, 0.4) is 0 Å². The van der Waals surface area contributed by atoms with E-state index in [0.29, 0.717) is 0 Å². The normalized spacial score (nSPS) is 10.4. The van der Waals surface area contributed by atoms with Crippen molar-refractivity contribution in [3.05, 3.63) is 29.6 Å². The first-order valence-corrected chi connectivity index (χ1v) is 4.20. The van der Waals surface area contributed by atoms with Crippen LogP contribution in [0.5, 0.6) is 0 Å². The number of carbonyl (C=O) groups is 1. The van der Waals surface area contributed by atoms with E-state index in [1.54, 1.807) is 0 Å². The third-order valence-electron chi connectivity index (χ3n) is 1.57. The van der Waals surface area contributed by atoms with Gasteiger partial charge in [-0.1, -0.05) is 5.92 Å². The van der Waals surface area contributed by atoms with Crippen LogP contribution in [0.2, 0.25) is 0 Å². The Morgan fingerprint density at radius 3 is 2.75 bits per heavy atom. The molecular formula is C10H7F3N2O. The Bertz CT molecular complexity index is 457. The molecule has 0 aliphatic heterocycles. The van der Waals surface area contributed by atoms with Crippen LogP contribution in [0, 0.1) is 11.8 Å². The second-order valence-corrected chi connectivity index (χ2v) is 2.87. The van der Waals surface area contributed by atoms with Crippen molar-refractivity contribution in [1.82, 2.24) is 4.98 Å². The number of halogens is 3. The second kappa shape index (κ2) is 4.66. The molecule has 16 heavy (non-hydrogen) atoms. The van der Waals surface area contributed by atoms with Crippen LogP contribution >= 0.6 is 0 Å². The molecule has 0 radical (unpaired) electrons. The number of carbonyl (C=O) groups excluding carboxylic acids is 1. The van der Waals surface area contributed by atoms with Crippen molar-refractivity contribution in [2.45, 2.75) is 12.6 Å². The van der Waals surface area contributed by atoms with Crippen LogP contribution < -0.4 is 5.73 Å². The number of aromatic nitrogens is 1. The van der Waals surface area contributed by atoms with Gasteiger partial charge in [-0.15, -0.1) is 0 Å². The van der Waals surface area contributed by atoms with Crippen molar-refractivity contribution in [2.24, 2.45) is 5.73 Å². The van der Waals surface area contributed by atoms with E-state index in [1.165, 1.54) is 0 Å².